The molecule has 0 aliphatic carbocycles. The fraction of sp³-hybridized carbons (Fsp3) is 0.364. The molecule has 7 heteroatoms. The number of methoxy groups -OCH3 is 1. The molecule has 0 aliphatic rings. The number of hydrogen-bond acceptors (Lipinski definition) is 4. The van der Waals surface area contributed by atoms with E-state index in [-0.39, 0.29) is 25.0 Å². The Morgan fingerprint density at radius 1 is 1.17 bits per heavy atom. The lowest BCUT2D eigenvalue weighted by atomic mass is 10.1. The number of nitrogens with zero attached hydrogens (tertiary/aromatic N) is 1. The summed E-state index contributed by atoms with van der Waals surface area (Å²) in [5.74, 6) is 0.838. The molecule has 0 spiro atoms. The number of hydrogen-bond donors (Lipinski definition) is 1. The van der Waals surface area contributed by atoms with Crippen LogP contribution in [-0.4, -0.2) is 43.5 Å². The third-order valence-corrected chi connectivity index (χ3v) is 5.50. The number of halogens is 1. The first-order chi connectivity index (χ1) is 13.9. The summed E-state index contributed by atoms with van der Waals surface area (Å²) in [4.78, 5) is 27.0. The lowest BCUT2D eigenvalue weighted by Crippen LogP contribution is -2.49. The summed E-state index contributed by atoms with van der Waals surface area (Å²) < 4.78 is 11.9. The summed E-state index contributed by atoms with van der Waals surface area (Å²) >= 11 is 3.45. The summed E-state index contributed by atoms with van der Waals surface area (Å²) in [6.45, 7) is 3.96. The normalized spacial score (nSPS) is 11.5. The molecule has 0 saturated heterocycles. The molecule has 0 bridgehead atoms. The number of carbonyl (C=O) groups is 2. The molecule has 0 radical (unpaired) electrons. The Kier molecular flexibility index (Phi) is 8.51. The summed E-state index contributed by atoms with van der Waals surface area (Å²) in [6.07, 6.45) is 0.493. The van der Waals surface area contributed by atoms with Crippen molar-refractivity contribution in [2.45, 2.75) is 32.9 Å². The maximum atomic E-state index is 13.0. The fourth-order valence-electron chi connectivity index (χ4n) is 2.99. The first-order valence-electron chi connectivity index (χ1n) is 9.42. The minimum Gasteiger partial charge on any atom is -0.497 e. The van der Waals surface area contributed by atoms with Crippen LogP contribution < -0.4 is 14.8 Å². The van der Waals surface area contributed by atoms with Crippen LogP contribution in [0.2, 0.25) is 0 Å². The van der Waals surface area contributed by atoms with Gasteiger partial charge in [-0.1, -0.05) is 35.0 Å². The van der Waals surface area contributed by atoms with Crippen LogP contribution >= 0.6 is 15.9 Å². The van der Waals surface area contributed by atoms with E-state index in [9.17, 15) is 9.59 Å². The van der Waals surface area contributed by atoms with E-state index in [1.165, 1.54) is 0 Å². The maximum absolute atomic E-state index is 13.0. The van der Waals surface area contributed by atoms with Gasteiger partial charge in [0.25, 0.3) is 5.91 Å². The van der Waals surface area contributed by atoms with Gasteiger partial charge in [0.05, 0.1) is 7.11 Å². The Morgan fingerprint density at radius 3 is 2.55 bits per heavy atom. The van der Waals surface area contributed by atoms with E-state index in [2.05, 4.69) is 21.2 Å². The third-order valence-electron chi connectivity index (χ3n) is 4.61. The highest BCUT2D eigenvalue weighted by molar-refractivity contribution is 9.10. The lowest BCUT2D eigenvalue weighted by molar-refractivity contribution is -0.142. The Bertz CT molecular complexity index is 856. The molecule has 0 aromatic heterocycles. The largest absolute Gasteiger partial charge is 0.497 e. The van der Waals surface area contributed by atoms with E-state index in [0.717, 1.165) is 15.6 Å². The predicted octanol–water partition coefficient (Wildman–Crippen LogP) is 3.70. The Labute approximate surface area is 180 Å². The van der Waals surface area contributed by atoms with Crippen LogP contribution in [0.25, 0.3) is 0 Å². The van der Waals surface area contributed by atoms with Gasteiger partial charge in [-0.15, -0.1) is 0 Å². The van der Waals surface area contributed by atoms with Gasteiger partial charge >= 0.3 is 0 Å². The van der Waals surface area contributed by atoms with Gasteiger partial charge in [0.2, 0.25) is 5.91 Å². The van der Waals surface area contributed by atoms with Crippen LogP contribution in [0.15, 0.2) is 46.9 Å². The van der Waals surface area contributed by atoms with Crippen LogP contribution in [0.4, 0.5) is 0 Å². The molecule has 1 N–H and O–H groups in total. The molecule has 2 rings (SSSR count). The van der Waals surface area contributed by atoms with E-state index < -0.39 is 6.04 Å². The Hall–Kier alpha value is -2.54. The van der Waals surface area contributed by atoms with Gasteiger partial charge in [-0.3, -0.25) is 9.59 Å². The van der Waals surface area contributed by atoms with Gasteiger partial charge in [-0.25, -0.2) is 0 Å². The van der Waals surface area contributed by atoms with Crippen molar-refractivity contribution in [1.29, 1.82) is 0 Å². The van der Waals surface area contributed by atoms with Gasteiger partial charge < -0.3 is 19.7 Å². The van der Waals surface area contributed by atoms with Gasteiger partial charge in [0, 0.05) is 18.1 Å². The molecule has 0 saturated carbocycles. The van der Waals surface area contributed by atoms with Gasteiger partial charge in [-0.05, 0) is 54.8 Å². The van der Waals surface area contributed by atoms with E-state index >= 15 is 0 Å². The average molecular weight is 463 g/mol. The molecule has 0 unspecified atom stereocenters. The van der Waals surface area contributed by atoms with Crippen LogP contribution in [0, 0.1) is 6.92 Å². The molecule has 2 aromatic carbocycles. The van der Waals surface area contributed by atoms with Crippen molar-refractivity contribution in [1.82, 2.24) is 10.2 Å². The second kappa shape index (κ2) is 10.9. The van der Waals surface area contributed by atoms with Crippen molar-refractivity contribution in [3.63, 3.8) is 0 Å². The first kappa shape index (κ1) is 22.7. The number of nitrogens with one attached hydrogen (secondary N) is 1. The zero-order valence-electron chi connectivity index (χ0n) is 17.2. The minimum absolute atomic E-state index is 0.154. The monoisotopic (exact) mass is 462 g/mol. The summed E-state index contributed by atoms with van der Waals surface area (Å²) in [5.41, 5.74) is 1.89. The third kappa shape index (κ3) is 6.22. The molecule has 29 heavy (non-hydrogen) atoms. The maximum Gasteiger partial charge on any atom is 0.261 e. The van der Waals surface area contributed by atoms with Crippen molar-refractivity contribution in [2.75, 3.05) is 20.8 Å². The van der Waals surface area contributed by atoms with Gasteiger partial charge in [0.15, 0.2) is 6.61 Å². The quantitative estimate of drug-likeness (QED) is 0.616. The molecular formula is C22H27BrN2O4. The molecule has 6 nitrogen and oxygen atoms in total. The number of benzene rings is 2. The number of amides is 2. The van der Waals surface area contributed by atoms with Crippen LogP contribution in [0.1, 0.15) is 24.5 Å². The zero-order valence-corrected chi connectivity index (χ0v) is 18.8. The van der Waals surface area contributed by atoms with E-state index in [1.54, 1.807) is 25.1 Å². The van der Waals surface area contributed by atoms with Crippen LogP contribution in [0.3, 0.4) is 0 Å². The second-order valence-electron chi connectivity index (χ2n) is 6.61. The summed E-state index contributed by atoms with van der Waals surface area (Å²) in [7, 11) is 3.16. The van der Waals surface area contributed by atoms with Crippen molar-refractivity contribution in [3.05, 3.63) is 58.1 Å². The number of likely N-dealkylation sites (N-methyl/N-ethyl adjacent to an activating group) is 1. The molecule has 0 heterocycles. The molecule has 2 aromatic rings. The van der Waals surface area contributed by atoms with E-state index in [0.29, 0.717) is 17.9 Å². The predicted molar refractivity (Wildman–Crippen MR) is 116 cm³/mol. The van der Waals surface area contributed by atoms with Gasteiger partial charge in [0.1, 0.15) is 17.5 Å². The highest BCUT2D eigenvalue weighted by Gasteiger charge is 2.28. The summed E-state index contributed by atoms with van der Waals surface area (Å²) in [5, 5.41) is 2.64. The molecule has 156 valence electrons. The topological polar surface area (TPSA) is 67.9 Å². The van der Waals surface area contributed by atoms with Crippen molar-refractivity contribution in [3.8, 4) is 11.5 Å². The Balaban J connectivity index is 2.21. The van der Waals surface area contributed by atoms with Crippen molar-refractivity contribution in [2.24, 2.45) is 0 Å². The zero-order chi connectivity index (χ0) is 21.4. The highest BCUT2D eigenvalue weighted by Crippen LogP contribution is 2.22. The molecule has 1 atom stereocenters. The molecule has 0 aliphatic heterocycles. The van der Waals surface area contributed by atoms with E-state index in [4.69, 9.17) is 9.47 Å². The number of rotatable bonds is 9. The fourth-order valence-corrected chi connectivity index (χ4v) is 3.24. The summed E-state index contributed by atoms with van der Waals surface area (Å²) in [6, 6.07) is 12.4. The number of aryl methyl sites for hydroxylation is 1. The van der Waals surface area contributed by atoms with Crippen molar-refractivity contribution >= 4 is 27.7 Å². The lowest BCUT2D eigenvalue weighted by Gasteiger charge is -2.30. The van der Waals surface area contributed by atoms with Crippen LogP contribution in [-0.2, 0) is 16.1 Å². The Morgan fingerprint density at radius 2 is 1.93 bits per heavy atom. The minimum atomic E-state index is -0.589. The first-order valence-corrected chi connectivity index (χ1v) is 10.2. The SMILES string of the molecule is CC[C@@H](C(=O)NC)N(Cc1cccc(OC)c1)C(=O)COc1ccc(Br)c(C)c1. The van der Waals surface area contributed by atoms with Crippen LogP contribution in [0.5, 0.6) is 11.5 Å². The molecule has 0 fully saturated rings. The smallest absolute Gasteiger partial charge is 0.261 e. The molecular weight excluding hydrogens is 436 g/mol. The molecule has 2 amide bonds. The second-order valence-corrected chi connectivity index (χ2v) is 7.47. The standard InChI is InChI=1S/C22H27BrN2O4/c1-5-20(22(27)24-3)25(13-16-7-6-8-17(12-16)28-4)21(26)14-29-18-9-10-19(23)15(2)11-18/h6-12,20H,5,13-14H2,1-4H3,(H,24,27)/t20-/m0/s1. The highest BCUT2D eigenvalue weighted by atomic mass is 79.9. The van der Waals surface area contributed by atoms with E-state index in [1.807, 2.05) is 50.2 Å². The number of carbonyl (C=O) groups excluding carboxylic acids is 2. The number of ether oxygens (including phenoxy) is 2. The van der Waals surface area contributed by atoms with Crippen molar-refractivity contribution < 1.29 is 19.1 Å². The van der Waals surface area contributed by atoms with Gasteiger partial charge in [-0.2, -0.15) is 0 Å². The average Bonchev–Trinajstić information content (AvgIpc) is 2.74.